The summed E-state index contributed by atoms with van der Waals surface area (Å²) in [6, 6.07) is 6.84. The number of methoxy groups -OCH3 is 1. The zero-order valence-corrected chi connectivity index (χ0v) is 12.2. The zero-order valence-electron chi connectivity index (χ0n) is 11.3. The lowest BCUT2D eigenvalue weighted by Gasteiger charge is -2.23. The van der Waals surface area contributed by atoms with Crippen LogP contribution in [0.2, 0.25) is 0 Å². The van der Waals surface area contributed by atoms with Crippen LogP contribution in [0.3, 0.4) is 0 Å². The Bertz CT molecular complexity index is 411. The molecule has 0 aromatic heterocycles. The molecule has 2 rings (SSSR count). The van der Waals surface area contributed by atoms with Crippen molar-refractivity contribution in [3.05, 3.63) is 23.8 Å². The van der Waals surface area contributed by atoms with E-state index in [9.17, 15) is 0 Å². The van der Waals surface area contributed by atoms with Crippen LogP contribution in [0, 0.1) is 5.92 Å². The van der Waals surface area contributed by atoms with Crippen molar-refractivity contribution in [1.82, 2.24) is 4.90 Å². The van der Waals surface area contributed by atoms with Gasteiger partial charge in [-0.3, -0.25) is 4.90 Å². The lowest BCUT2D eigenvalue weighted by molar-refractivity contribution is 0.301. The number of hydrogen-bond donors (Lipinski definition) is 1. The van der Waals surface area contributed by atoms with Gasteiger partial charge in [0.25, 0.3) is 0 Å². The predicted octanol–water partition coefficient (Wildman–Crippen LogP) is 2.37. The quantitative estimate of drug-likeness (QED) is 0.849. The van der Waals surface area contributed by atoms with Gasteiger partial charge in [-0.25, -0.2) is 0 Å². The number of nitrogens with two attached hydrogens (primary N) is 1. The van der Waals surface area contributed by atoms with Crippen molar-refractivity contribution in [2.45, 2.75) is 17.4 Å². The van der Waals surface area contributed by atoms with E-state index in [1.807, 2.05) is 0 Å². The highest BCUT2D eigenvalue weighted by Crippen LogP contribution is 2.41. The molecule has 1 aliphatic rings. The molecule has 0 amide bonds. The summed E-state index contributed by atoms with van der Waals surface area (Å²) in [6.45, 7) is 1.85. The van der Waals surface area contributed by atoms with Gasteiger partial charge in [0.2, 0.25) is 0 Å². The third-order valence-electron chi connectivity index (χ3n) is 3.76. The maximum absolute atomic E-state index is 5.80. The first kappa shape index (κ1) is 13.7. The standard InChI is InChI=1S/C14H22N2OS/c1-16-9-10(8-15)7-12(16)11-5-4-6-13(18-3)14(11)17-2/h4-6,10,12H,7-9,15H2,1-3H3. The summed E-state index contributed by atoms with van der Waals surface area (Å²) < 4.78 is 5.62. The van der Waals surface area contributed by atoms with E-state index < -0.39 is 0 Å². The first-order chi connectivity index (χ1) is 8.71. The van der Waals surface area contributed by atoms with Crippen molar-refractivity contribution in [3.8, 4) is 5.75 Å². The molecule has 100 valence electrons. The minimum atomic E-state index is 0.431. The van der Waals surface area contributed by atoms with Gasteiger partial charge in [0.15, 0.2) is 0 Å². The van der Waals surface area contributed by atoms with E-state index in [0.717, 1.165) is 25.3 Å². The maximum Gasteiger partial charge on any atom is 0.137 e. The number of hydrogen-bond acceptors (Lipinski definition) is 4. The van der Waals surface area contributed by atoms with E-state index in [1.54, 1.807) is 18.9 Å². The zero-order chi connectivity index (χ0) is 13.1. The third kappa shape index (κ3) is 2.51. The van der Waals surface area contributed by atoms with Crippen molar-refractivity contribution < 1.29 is 4.74 Å². The van der Waals surface area contributed by atoms with Gasteiger partial charge in [-0.2, -0.15) is 0 Å². The van der Waals surface area contributed by atoms with Crippen LogP contribution in [-0.2, 0) is 0 Å². The fraction of sp³-hybridized carbons (Fsp3) is 0.571. The van der Waals surface area contributed by atoms with E-state index in [1.165, 1.54) is 10.5 Å². The summed E-state index contributed by atoms with van der Waals surface area (Å²) in [4.78, 5) is 3.60. The summed E-state index contributed by atoms with van der Waals surface area (Å²) in [5, 5.41) is 0. The lowest BCUT2D eigenvalue weighted by atomic mass is 9.99. The van der Waals surface area contributed by atoms with E-state index in [4.69, 9.17) is 10.5 Å². The summed E-state index contributed by atoms with van der Waals surface area (Å²) in [5.74, 6) is 1.63. The molecule has 0 radical (unpaired) electrons. The normalized spacial score (nSPS) is 24.4. The first-order valence-corrected chi connectivity index (χ1v) is 7.55. The second-order valence-corrected chi connectivity index (χ2v) is 5.72. The van der Waals surface area contributed by atoms with Crippen molar-refractivity contribution in [1.29, 1.82) is 0 Å². The largest absolute Gasteiger partial charge is 0.495 e. The number of para-hydroxylation sites is 1. The van der Waals surface area contributed by atoms with Gasteiger partial charge in [0.05, 0.1) is 7.11 Å². The molecular weight excluding hydrogens is 244 g/mol. The fourth-order valence-electron chi connectivity index (χ4n) is 2.81. The average Bonchev–Trinajstić information content (AvgIpc) is 2.78. The molecule has 2 N–H and O–H groups in total. The van der Waals surface area contributed by atoms with Gasteiger partial charge in [0, 0.05) is 23.0 Å². The van der Waals surface area contributed by atoms with Gasteiger partial charge < -0.3 is 10.5 Å². The summed E-state index contributed by atoms with van der Waals surface area (Å²) in [6.07, 6.45) is 3.21. The SMILES string of the molecule is COc1c(SC)cccc1C1CC(CN)CN1C. The highest BCUT2D eigenvalue weighted by molar-refractivity contribution is 7.98. The molecule has 1 aliphatic heterocycles. The second kappa shape index (κ2) is 5.95. The Kier molecular flexibility index (Phi) is 4.54. The molecule has 0 saturated carbocycles. The minimum Gasteiger partial charge on any atom is -0.495 e. The molecule has 0 bridgehead atoms. The van der Waals surface area contributed by atoms with E-state index in [2.05, 4.69) is 36.4 Å². The molecule has 1 heterocycles. The average molecular weight is 266 g/mol. The molecule has 3 nitrogen and oxygen atoms in total. The molecule has 1 saturated heterocycles. The second-order valence-electron chi connectivity index (χ2n) is 4.88. The maximum atomic E-state index is 5.80. The molecule has 1 aromatic carbocycles. The van der Waals surface area contributed by atoms with Gasteiger partial charge in [-0.1, -0.05) is 12.1 Å². The van der Waals surface area contributed by atoms with Crippen LogP contribution in [0.1, 0.15) is 18.0 Å². The van der Waals surface area contributed by atoms with Crippen LogP contribution in [0.5, 0.6) is 5.75 Å². The first-order valence-electron chi connectivity index (χ1n) is 6.32. The molecule has 2 unspecified atom stereocenters. The van der Waals surface area contributed by atoms with Crippen LogP contribution in [-0.4, -0.2) is 38.4 Å². The van der Waals surface area contributed by atoms with Crippen LogP contribution in [0.15, 0.2) is 23.1 Å². The molecule has 0 spiro atoms. The molecule has 0 aliphatic carbocycles. The summed E-state index contributed by atoms with van der Waals surface area (Å²) >= 11 is 1.73. The van der Waals surface area contributed by atoms with Crippen molar-refractivity contribution in [3.63, 3.8) is 0 Å². The van der Waals surface area contributed by atoms with Crippen LogP contribution in [0.25, 0.3) is 0 Å². The topological polar surface area (TPSA) is 38.5 Å². The molecule has 1 fully saturated rings. The number of nitrogens with zero attached hydrogens (tertiary/aromatic N) is 1. The van der Waals surface area contributed by atoms with Crippen molar-refractivity contribution >= 4 is 11.8 Å². The molecule has 1 aromatic rings. The Morgan fingerprint density at radius 2 is 2.28 bits per heavy atom. The van der Waals surface area contributed by atoms with Gasteiger partial charge in [-0.05, 0) is 38.3 Å². The minimum absolute atomic E-state index is 0.431. The van der Waals surface area contributed by atoms with Crippen molar-refractivity contribution in [2.24, 2.45) is 11.7 Å². The summed E-state index contributed by atoms with van der Waals surface area (Å²) in [7, 11) is 3.93. The molecule has 2 atom stereocenters. The van der Waals surface area contributed by atoms with Crippen molar-refractivity contribution in [2.75, 3.05) is 33.5 Å². The Balaban J connectivity index is 2.33. The Labute approximate surface area is 114 Å². The van der Waals surface area contributed by atoms with Crippen LogP contribution < -0.4 is 10.5 Å². The number of likely N-dealkylation sites (tertiary alicyclic amines) is 1. The van der Waals surface area contributed by atoms with E-state index >= 15 is 0 Å². The number of rotatable bonds is 4. The Morgan fingerprint density at radius 1 is 1.50 bits per heavy atom. The smallest absolute Gasteiger partial charge is 0.137 e. The highest BCUT2D eigenvalue weighted by atomic mass is 32.2. The third-order valence-corrected chi connectivity index (χ3v) is 4.52. The van der Waals surface area contributed by atoms with Crippen LogP contribution >= 0.6 is 11.8 Å². The molecule has 18 heavy (non-hydrogen) atoms. The van der Waals surface area contributed by atoms with Gasteiger partial charge >= 0.3 is 0 Å². The highest BCUT2D eigenvalue weighted by Gasteiger charge is 2.31. The Hall–Kier alpha value is -0.710. The monoisotopic (exact) mass is 266 g/mol. The number of thioether (sulfide) groups is 1. The van der Waals surface area contributed by atoms with Gasteiger partial charge in [-0.15, -0.1) is 11.8 Å². The number of benzene rings is 1. The lowest BCUT2D eigenvalue weighted by Crippen LogP contribution is -2.20. The Morgan fingerprint density at radius 3 is 2.83 bits per heavy atom. The molecule has 4 heteroatoms. The predicted molar refractivity (Wildman–Crippen MR) is 77.3 cm³/mol. The number of ether oxygens (including phenoxy) is 1. The summed E-state index contributed by atoms with van der Waals surface area (Å²) in [5.41, 5.74) is 7.10. The van der Waals surface area contributed by atoms with E-state index in [0.29, 0.717) is 12.0 Å². The van der Waals surface area contributed by atoms with Gasteiger partial charge in [0.1, 0.15) is 5.75 Å². The fourth-order valence-corrected chi connectivity index (χ4v) is 3.42. The van der Waals surface area contributed by atoms with E-state index in [-0.39, 0.29) is 0 Å². The van der Waals surface area contributed by atoms with Crippen LogP contribution in [0.4, 0.5) is 0 Å². The molecular formula is C14H22N2OS.